The smallest absolute Gasteiger partial charge is 0.419 e. The molecule has 0 radical (unpaired) electrons. The topological polar surface area (TPSA) is 44.8 Å². The summed E-state index contributed by atoms with van der Waals surface area (Å²) in [5, 5.41) is 0. The third kappa shape index (κ3) is 4.63. The summed E-state index contributed by atoms with van der Waals surface area (Å²) in [6.07, 6.45) is -4.28. The van der Waals surface area contributed by atoms with Crippen LogP contribution in [0.3, 0.4) is 0 Å². The average Bonchev–Trinajstić information content (AvgIpc) is 3.01. The van der Waals surface area contributed by atoms with Crippen molar-refractivity contribution >= 4 is 5.97 Å². The van der Waals surface area contributed by atoms with E-state index in [-0.39, 0.29) is 24.5 Å². The molecule has 0 saturated carbocycles. The molecule has 0 bridgehead atoms. The molecular weight excluding hydrogens is 392 g/mol. The van der Waals surface area contributed by atoms with Crippen molar-refractivity contribution in [2.75, 3.05) is 20.8 Å². The van der Waals surface area contributed by atoms with Gasteiger partial charge >= 0.3 is 12.1 Å². The first-order valence-corrected chi connectivity index (χ1v) is 8.96. The number of carbonyl (C=O) groups excluding carboxylic acids is 1. The Hall–Kier alpha value is -2.77. The molecule has 3 rings (SSSR count). The van der Waals surface area contributed by atoms with E-state index in [1.54, 1.807) is 12.1 Å². The van der Waals surface area contributed by atoms with Crippen LogP contribution in [0, 0.1) is 17.7 Å². The number of benzene rings is 2. The lowest BCUT2D eigenvalue weighted by atomic mass is 9.84. The normalized spacial score (nSPS) is 19.2. The fourth-order valence-electron chi connectivity index (χ4n) is 3.54. The number of hydrogen-bond donors (Lipinski definition) is 0. The fraction of sp³-hybridized carbons (Fsp3) is 0.381. The van der Waals surface area contributed by atoms with Gasteiger partial charge in [0.1, 0.15) is 5.82 Å². The number of ether oxygens (including phenoxy) is 3. The molecule has 1 saturated heterocycles. The van der Waals surface area contributed by atoms with Crippen LogP contribution in [0.4, 0.5) is 17.6 Å². The SMILES string of the molecule is COc1ccc(CC2COC(=O)C2Cc2ccc(F)c(C(F)(F)F)c2)cc1OC. The Morgan fingerprint density at radius 3 is 2.31 bits per heavy atom. The van der Waals surface area contributed by atoms with Gasteiger partial charge in [-0.1, -0.05) is 12.1 Å². The summed E-state index contributed by atoms with van der Waals surface area (Å²) < 4.78 is 68.0. The molecule has 2 atom stereocenters. The first-order valence-electron chi connectivity index (χ1n) is 8.96. The van der Waals surface area contributed by atoms with E-state index < -0.39 is 29.4 Å². The predicted octanol–water partition coefficient (Wildman–Crippen LogP) is 4.44. The maximum absolute atomic E-state index is 13.5. The molecule has 0 N–H and O–H groups in total. The molecule has 1 fully saturated rings. The summed E-state index contributed by atoms with van der Waals surface area (Å²) >= 11 is 0. The molecule has 0 aromatic heterocycles. The Bertz CT molecular complexity index is 895. The van der Waals surface area contributed by atoms with Crippen molar-refractivity contribution in [2.24, 2.45) is 11.8 Å². The molecule has 2 aromatic rings. The van der Waals surface area contributed by atoms with Gasteiger partial charge in [-0.3, -0.25) is 4.79 Å². The maximum atomic E-state index is 13.5. The lowest BCUT2D eigenvalue weighted by Crippen LogP contribution is -2.21. The number of cyclic esters (lactones) is 1. The van der Waals surface area contributed by atoms with Crippen molar-refractivity contribution in [1.29, 1.82) is 0 Å². The number of carbonyl (C=O) groups is 1. The third-order valence-electron chi connectivity index (χ3n) is 5.05. The second-order valence-electron chi connectivity index (χ2n) is 6.91. The second-order valence-corrected chi connectivity index (χ2v) is 6.91. The monoisotopic (exact) mass is 412 g/mol. The number of hydrogen-bond acceptors (Lipinski definition) is 4. The first-order chi connectivity index (χ1) is 13.7. The van der Waals surface area contributed by atoms with Crippen molar-refractivity contribution in [1.82, 2.24) is 0 Å². The summed E-state index contributed by atoms with van der Waals surface area (Å²) in [4.78, 5) is 12.2. The van der Waals surface area contributed by atoms with E-state index in [0.717, 1.165) is 17.7 Å². The zero-order valence-electron chi connectivity index (χ0n) is 15.9. The highest BCUT2D eigenvalue weighted by Crippen LogP contribution is 2.35. The number of alkyl halides is 3. The van der Waals surface area contributed by atoms with E-state index in [0.29, 0.717) is 17.9 Å². The van der Waals surface area contributed by atoms with Gasteiger partial charge in [-0.15, -0.1) is 0 Å². The summed E-state index contributed by atoms with van der Waals surface area (Å²) in [7, 11) is 3.04. The van der Waals surface area contributed by atoms with Gasteiger partial charge in [0.15, 0.2) is 11.5 Å². The molecule has 0 amide bonds. The number of rotatable bonds is 6. The van der Waals surface area contributed by atoms with Gasteiger partial charge in [0.05, 0.1) is 32.3 Å². The quantitative estimate of drug-likeness (QED) is 0.520. The zero-order chi connectivity index (χ0) is 21.2. The third-order valence-corrected chi connectivity index (χ3v) is 5.05. The van der Waals surface area contributed by atoms with Crippen LogP contribution in [-0.4, -0.2) is 26.8 Å². The van der Waals surface area contributed by atoms with Crippen LogP contribution in [-0.2, 0) is 28.5 Å². The van der Waals surface area contributed by atoms with Gasteiger partial charge in [-0.2, -0.15) is 13.2 Å². The summed E-state index contributed by atoms with van der Waals surface area (Å²) in [6.45, 7) is 0.172. The average molecular weight is 412 g/mol. The molecular formula is C21H20F4O4. The summed E-state index contributed by atoms with van der Waals surface area (Å²) in [6, 6.07) is 8.18. The maximum Gasteiger partial charge on any atom is 0.419 e. The number of esters is 1. The summed E-state index contributed by atoms with van der Waals surface area (Å²) in [5.41, 5.74) is -0.219. The lowest BCUT2D eigenvalue weighted by Gasteiger charge is -2.17. The first kappa shape index (κ1) is 21.0. The molecule has 1 aliphatic heterocycles. The number of halogens is 4. The second kappa shape index (κ2) is 8.31. The summed E-state index contributed by atoms with van der Waals surface area (Å²) in [5.74, 6) is -1.53. The van der Waals surface area contributed by atoms with Crippen molar-refractivity contribution in [2.45, 2.75) is 19.0 Å². The largest absolute Gasteiger partial charge is 0.493 e. The minimum absolute atomic E-state index is 0.0418. The predicted molar refractivity (Wildman–Crippen MR) is 96.3 cm³/mol. The molecule has 156 valence electrons. The minimum Gasteiger partial charge on any atom is -0.493 e. The molecule has 29 heavy (non-hydrogen) atoms. The van der Waals surface area contributed by atoms with E-state index in [1.165, 1.54) is 20.3 Å². The van der Waals surface area contributed by atoms with Gasteiger partial charge in [0.25, 0.3) is 0 Å². The van der Waals surface area contributed by atoms with Crippen LogP contribution < -0.4 is 9.47 Å². The van der Waals surface area contributed by atoms with Crippen molar-refractivity contribution in [3.05, 3.63) is 58.9 Å². The molecule has 8 heteroatoms. The van der Waals surface area contributed by atoms with Crippen molar-refractivity contribution in [3.63, 3.8) is 0 Å². The van der Waals surface area contributed by atoms with Gasteiger partial charge in [0.2, 0.25) is 0 Å². The Morgan fingerprint density at radius 1 is 1.00 bits per heavy atom. The Balaban J connectivity index is 1.80. The molecule has 1 heterocycles. The highest BCUT2D eigenvalue weighted by molar-refractivity contribution is 5.75. The van der Waals surface area contributed by atoms with Crippen LogP contribution in [0.25, 0.3) is 0 Å². The minimum atomic E-state index is -4.80. The van der Waals surface area contributed by atoms with E-state index >= 15 is 0 Å². The van der Waals surface area contributed by atoms with Crippen LogP contribution in [0.5, 0.6) is 11.5 Å². The van der Waals surface area contributed by atoms with Gasteiger partial charge < -0.3 is 14.2 Å². The Labute approximate surface area is 165 Å². The lowest BCUT2D eigenvalue weighted by molar-refractivity contribution is -0.141. The van der Waals surface area contributed by atoms with Crippen LogP contribution in [0.15, 0.2) is 36.4 Å². The molecule has 2 unspecified atom stereocenters. The molecule has 2 aromatic carbocycles. The highest BCUT2D eigenvalue weighted by Gasteiger charge is 2.38. The van der Waals surface area contributed by atoms with Gasteiger partial charge in [-0.25, -0.2) is 4.39 Å². The van der Waals surface area contributed by atoms with Gasteiger partial charge in [0, 0.05) is 5.92 Å². The van der Waals surface area contributed by atoms with Crippen LogP contribution >= 0.6 is 0 Å². The highest BCUT2D eigenvalue weighted by atomic mass is 19.4. The Kier molecular flexibility index (Phi) is 6.00. The molecule has 1 aliphatic rings. The molecule has 4 nitrogen and oxygen atoms in total. The van der Waals surface area contributed by atoms with Crippen molar-refractivity contribution < 1.29 is 36.6 Å². The molecule has 0 aliphatic carbocycles. The van der Waals surface area contributed by atoms with Crippen molar-refractivity contribution in [3.8, 4) is 11.5 Å². The number of methoxy groups -OCH3 is 2. The standard InChI is InChI=1S/C21H20F4O4/c1-27-18-6-4-12(10-19(18)28-2)7-14-11-29-20(26)15(14)8-13-3-5-17(22)16(9-13)21(23,24)25/h3-6,9-10,14-15H,7-8,11H2,1-2H3. The van der Waals surface area contributed by atoms with E-state index in [4.69, 9.17) is 14.2 Å². The van der Waals surface area contributed by atoms with E-state index in [1.807, 2.05) is 6.07 Å². The van der Waals surface area contributed by atoms with E-state index in [2.05, 4.69) is 0 Å². The zero-order valence-corrected chi connectivity index (χ0v) is 15.9. The van der Waals surface area contributed by atoms with Crippen LogP contribution in [0.1, 0.15) is 16.7 Å². The van der Waals surface area contributed by atoms with Crippen LogP contribution in [0.2, 0.25) is 0 Å². The molecule has 0 spiro atoms. The van der Waals surface area contributed by atoms with E-state index in [9.17, 15) is 22.4 Å². The van der Waals surface area contributed by atoms with Gasteiger partial charge in [-0.05, 0) is 48.2 Å². The Morgan fingerprint density at radius 2 is 1.66 bits per heavy atom. The fourth-order valence-corrected chi connectivity index (χ4v) is 3.54.